The molecule has 2 bridgehead atoms. The molecule has 4 unspecified atom stereocenters. The third-order valence-electron chi connectivity index (χ3n) is 4.74. The molecule has 0 aliphatic carbocycles. The van der Waals surface area contributed by atoms with Crippen LogP contribution in [0.25, 0.3) is 0 Å². The second-order valence-electron chi connectivity index (χ2n) is 5.67. The second-order valence-corrected chi connectivity index (χ2v) is 6.65. The molecule has 2 aliphatic heterocycles. The van der Waals surface area contributed by atoms with Gasteiger partial charge in [0, 0.05) is 35.8 Å². The lowest BCUT2D eigenvalue weighted by Gasteiger charge is -2.42. The molecule has 4 nitrogen and oxygen atoms in total. The van der Waals surface area contributed by atoms with Crippen LogP contribution in [0, 0.1) is 17.2 Å². The molecule has 0 aromatic carbocycles. The Morgan fingerprint density at radius 3 is 3.05 bits per heavy atom. The van der Waals surface area contributed by atoms with Crippen molar-refractivity contribution in [3.8, 4) is 6.07 Å². The van der Waals surface area contributed by atoms with Gasteiger partial charge in [-0.05, 0) is 30.7 Å². The molecule has 106 valence electrons. The molecule has 2 saturated heterocycles. The maximum absolute atomic E-state index is 11.6. The molecule has 0 radical (unpaired) electrons. The van der Waals surface area contributed by atoms with Gasteiger partial charge in [0.15, 0.2) is 0 Å². The number of carboxylic acid groups (broad SMARTS) is 1. The number of piperidine rings is 1. The molecule has 2 fully saturated rings. The van der Waals surface area contributed by atoms with Crippen LogP contribution < -0.4 is 0 Å². The van der Waals surface area contributed by atoms with Gasteiger partial charge in [-0.25, -0.2) is 0 Å². The van der Waals surface area contributed by atoms with Crippen LogP contribution in [0.5, 0.6) is 0 Å². The van der Waals surface area contributed by atoms with E-state index in [0.29, 0.717) is 18.5 Å². The van der Waals surface area contributed by atoms with E-state index in [1.54, 1.807) is 11.3 Å². The minimum atomic E-state index is -0.666. The van der Waals surface area contributed by atoms with Gasteiger partial charge < -0.3 is 5.11 Å². The molecule has 1 N–H and O–H groups in total. The summed E-state index contributed by atoms with van der Waals surface area (Å²) in [5, 5.41) is 20.4. The van der Waals surface area contributed by atoms with E-state index >= 15 is 0 Å². The number of hydrogen-bond acceptors (Lipinski definition) is 4. The number of carbonyl (C=O) groups is 1. The minimum absolute atomic E-state index is 0.0879. The van der Waals surface area contributed by atoms with Gasteiger partial charge in [-0.1, -0.05) is 6.07 Å². The zero-order valence-electron chi connectivity index (χ0n) is 11.2. The number of carboxylic acids is 1. The van der Waals surface area contributed by atoms with Gasteiger partial charge in [-0.15, -0.1) is 11.3 Å². The predicted octanol–water partition coefficient (Wildman–Crippen LogP) is 2.68. The molecule has 3 heterocycles. The summed E-state index contributed by atoms with van der Waals surface area (Å²) in [4.78, 5) is 15.2. The molecule has 4 atom stereocenters. The van der Waals surface area contributed by atoms with E-state index in [9.17, 15) is 9.90 Å². The molecule has 20 heavy (non-hydrogen) atoms. The first-order chi connectivity index (χ1) is 9.72. The Morgan fingerprint density at radius 1 is 1.55 bits per heavy atom. The Labute approximate surface area is 122 Å². The number of nitriles is 1. The lowest BCUT2D eigenvalue weighted by Crippen LogP contribution is -2.49. The highest BCUT2D eigenvalue weighted by molar-refractivity contribution is 7.10. The zero-order valence-corrected chi connectivity index (χ0v) is 12.1. The standard InChI is InChI=1S/C15H18N2O2S/c16-6-2-7-17-10-4-5-12(17)14(11(9-10)15(18)19)13-3-1-8-20-13/h1,3,8,10-12,14H,2,4-5,7,9H2,(H,18,19). The van der Waals surface area contributed by atoms with Crippen LogP contribution in [0.4, 0.5) is 0 Å². The molecule has 0 saturated carbocycles. The first-order valence-corrected chi connectivity index (χ1v) is 7.99. The van der Waals surface area contributed by atoms with Crippen LogP contribution in [0.3, 0.4) is 0 Å². The molecule has 5 heteroatoms. The smallest absolute Gasteiger partial charge is 0.307 e. The van der Waals surface area contributed by atoms with Gasteiger partial charge >= 0.3 is 5.97 Å². The fourth-order valence-corrected chi connectivity index (χ4v) is 4.91. The number of rotatable bonds is 4. The monoisotopic (exact) mass is 290 g/mol. The molecule has 0 spiro atoms. The van der Waals surface area contributed by atoms with Gasteiger partial charge in [0.2, 0.25) is 0 Å². The first-order valence-electron chi connectivity index (χ1n) is 7.11. The summed E-state index contributed by atoms with van der Waals surface area (Å²) in [6, 6.07) is 6.92. The fourth-order valence-electron chi connectivity index (χ4n) is 3.96. The van der Waals surface area contributed by atoms with E-state index in [1.807, 2.05) is 11.4 Å². The highest BCUT2D eigenvalue weighted by Gasteiger charge is 2.50. The van der Waals surface area contributed by atoms with Crippen molar-refractivity contribution in [2.24, 2.45) is 5.92 Å². The van der Waals surface area contributed by atoms with Crippen molar-refractivity contribution in [1.29, 1.82) is 5.26 Å². The summed E-state index contributed by atoms with van der Waals surface area (Å²) in [7, 11) is 0. The normalized spacial score (nSPS) is 33.0. The van der Waals surface area contributed by atoms with E-state index < -0.39 is 5.97 Å². The van der Waals surface area contributed by atoms with Gasteiger partial charge in [-0.3, -0.25) is 9.69 Å². The summed E-state index contributed by atoms with van der Waals surface area (Å²) in [5.74, 6) is -0.852. The first kappa shape index (κ1) is 13.6. The number of thiophene rings is 1. The van der Waals surface area contributed by atoms with Crippen molar-refractivity contribution in [2.45, 2.75) is 43.7 Å². The van der Waals surface area contributed by atoms with Crippen molar-refractivity contribution >= 4 is 17.3 Å². The molecular weight excluding hydrogens is 272 g/mol. The summed E-state index contributed by atoms with van der Waals surface area (Å²) in [6.07, 6.45) is 3.38. The highest BCUT2D eigenvalue weighted by atomic mass is 32.1. The van der Waals surface area contributed by atoms with Crippen LogP contribution in [0.15, 0.2) is 17.5 Å². The highest BCUT2D eigenvalue weighted by Crippen LogP contribution is 2.48. The van der Waals surface area contributed by atoms with Gasteiger partial charge in [-0.2, -0.15) is 5.26 Å². The third-order valence-corrected chi connectivity index (χ3v) is 5.71. The summed E-state index contributed by atoms with van der Waals surface area (Å²) in [6.45, 7) is 0.778. The van der Waals surface area contributed by atoms with Crippen molar-refractivity contribution in [3.05, 3.63) is 22.4 Å². The molecule has 1 aromatic heterocycles. The zero-order chi connectivity index (χ0) is 14.1. The Bertz CT molecular complexity index is 522. The van der Waals surface area contributed by atoms with Crippen LogP contribution in [0.1, 0.15) is 36.5 Å². The molecular formula is C15H18N2O2S. The van der Waals surface area contributed by atoms with E-state index in [-0.39, 0.29) is 11.8 Å². The average Bonchev–Trinajstić information content (AvgIpc) is 3.04. The van der Waals surface area contributed by atoms with Crippen molar-refractivity contribution in [3.63, 3.8) is 0 Å². The van der Waals surface area contributed by atoms with Crippen molar-refractivity contribution in [1.82, 2.24) is 4.90 Å². The van der Waals surface area contributed by atoms with Gasteiger partial charge in [0.25, 0.3) is 0 Å². The van der Waals surface area contributed by atoms with E-state index in [2.05, 4.69) is 17.0 Å². The molecule has 2 aliphatic rings. The van der Waals surface area contributed by atoms with Crippen molar-refractivity contribution in [2.75, 3.05) is 6.54 Å². The topological polar surface area (TPSA) is 64.3 Å². The Hall–Kier alpha value is -1.38. The second kappa shape index (κ2) is 5.55. The van der Waals surface area contributed by atoms with Gasteiger partial charge in [0.05, 0.1) is 12.0 Å². The quantitative estimate of drug-likeness (QED) is 0.926. The number of nitrogens with zero attached hydrogens (tertiary/aromatic N) is 2. The van der Waals surface area contributed by atoms with E-state index in [1.165, 1.54) is 4.88 Å². The van der Waals surface area contributed by atoms with Crippen LogP contribution in [0.2, 0.25) is 0 Å². The molecule has 1 aromatic rings. The maximum Gasteiger partial charge on any atom is 0.307 e. The van der Waals surface area contributed by atoms with E-state index in [4.69, 9.17) is 5.26 Å². The summed E-state index contributed by atoms with van der Waals surface area (Å²) >= 11 is 1.66. The van der Waals surface area contributed by atoms with Crippen LogP contribution in [-0.2, 0) is 4.79 Å². The number of fused-ring (bicyclic) bond motifs is 2. The summed E-state index contributed by atoms with van der Waals surface area (Å²) in [5.41, 5.74) is 0. The lowest BCUT2D eigenvalue weighted by atomic mass is 9.79. The number of hydrogen-bond donors (Lipinski definition) is 1. The fraction of sp³-hybridized carbons (Fsp3) is 0.600. The third kappa shape index (κ3) is 2.23. The lowest BCUT2D eigenvalue weighted by molar-refractivity contribution is -0.145. The largest absolute Gasteiger partial charge is 0.481 e. The minimum Gasteiger partial charge on any atom is -0.481 e. The Morgan fingerprint density at radius 2 is 2.40 bits per heavy atom. The van der Waals surface area contributed by atoms with E-state index in [0.717, 1.165) is 25.8 Å². The summed E-state index contributed by atoms with van der Waals surface area (Å²) < 4.78 is 0. The average molecular weight is 290 g/mol. The Kier molecular flexibility index (Phi) is 3.77. The Balaban J connectivity index is 1.90. The number of aliphatic carboxylic acids is 1. The molecule has 3 rings (SSSR count). The molecule has 0 amide bonds. The van der Waals surface area contributed by atoms with Crippen LogP contribution in [-0.4, -0.2) is 34.6 Å². The maximum atomic E-state index is 11.6. The van der Waals surface area contributed by atoms with Gasteiger partial charge in [0.1, 0.15) is 0 Å². The van der Waals surface area contributed by atoms with Crippen LogP contribution >= 0.6 is 11.3 Å². The van der Waals surface area contributed by atoms with Crippen molar-refractivity contribution < 1.29 is 9.90 Å². The predicted molar refractivity (Wildman–Crippen MR) is 76.5 cm³/mol. The SMILES string of the molecule is N#CCCN1C2CCC1C(c1cccs1)C(C(=O)O)C2.